The first-order valence-corrected chi connectivity index (χ1v) is 19.6. The third-order valence-corrected chi connectivity index (χ3v) is 11.2. The van der Waals surface area contributed by atoms with Crippen LogP contribution in [-0.4, -0.2) is 91.1 Å². The molecule has 14 nitrogen and oxygen atoms in total. The fourth-order valence-corrected chi connectivity index (χ4v) is 8.30. The third kappa shape index (κ3) is 7.80. The summed E-state index contributed by atoms with van der Waals surface area (Å²) in [6, 6.07) is 10.1. The number of fused-ring (bicyclic) bond motifs is 4. The van der Waals surface area contributed by atoms with E-state index in [9.17, 15) is 24.3 Å². The van der Waals surface area contributed by atoms with Gasteiger partial charge in [-0.2, -0.15) is 0 Å². The number of ether oxygens (including phenoxy) is 1. The lowest BCUT2D eigenvalue weighted by atomic mass is 9.99. The van der Waals surface area contributed by atoms with Gasteiger partial charge < -0.3 is 40.2 Å². The standard InChI is InChI=1S/C42H50N8O6/c1-23(2)34(47-41(53)54)39(51)49-19-7-11-32(49)37-43-29-18-16-26(22-31(29)45-37)14-13-25-15-17-28-27(21-25)9-6-10-30-36(28)46-38(44-30)33-12-8-20-50(33)40(52)35(24(3)4)48-42(55)56-5/h15-18,21-24,32-35,47H,6-12,19-20H2,1-5H3,(H,43,45)(H,44,46)(H,48,55)(H,53,54). The second kappa shape index (κ2) is 16.1. The number of imidazole rings is 2. The van der Waals surface area contributed by atoms with Gasteiger partial charge in [0.2, 0.25) is 11.8 Å². The monoisotopic (exact) mass is 762 g/mol. The van der Waals surface area contributed by atoms with Gasteiger partial charge in [0.15, 0.2) is 0 Å². The summed E-state index contributed by atoms with van der Waals surface area (Å²) in [6.07, 6.45) is 4.03. The van der Waals surface area contributed by atoms with Gasteiger partial charge in [0.25, 0.3) is 0 Å². The number of rotatable bonds is 8. The van der Waals surface area contributed by atoms with Gasteiger partial charge in [0.05, 0.1) is 35.9 Å². The van der Waals surface area contributed by atoms with Gasteiger partial charge in [-0.3, -0.25) is 9.59 Å². The Morgan fingerprint density at radius 3 is 2.04 bits per heavy atom. The molecule has 4 heterocycles. The minimum atomic E-state index is -1.22. The Kier molecular flexibility index (Phi) is 11.0. The molecule has 5 N–H and O–H groups in total. The van der Waals surface area contributed by atoms with Crippen molar-refractivity contribution >= 4 is 35.0 Å². The fourth-order valence-electron chi connectivity index (χ4n) is 8.30. The summed E-state index contributed by atoms with van der Waals surface area (Å²) in [5.41, 5.74) is 7.55. The molecule has 1 aliphatic carbocycles. The van der Waals surface area contributed by atoms with E-state index in [0.29, 0.717) is 18.9 Å². The number of aromatic amines is 2. The summed E-state index contributed by atoms with van der Waals surface area (Å²) < 4.78 is 4.79. The highest BCUT2D eigenvalue weighted by molar-refractivity contribution is 5.87. The van der Waals surface area contributed by atoms with E-state index in [0.717, 1.165) is 89.9 Å². The summed E-state index contributed by atoms with van der Waals surface area (Å²) in [5, 5.41) is 14.4. The van der Waals surface area contributed by atoms with Crippen LogP contribution in [0.1, 0.15) is 106 Å². The number of alkyl carbamates (subject to hydrolysis) is 1. The SMILES string of the molecule is COC(=O)NC(C(=O)N1CCCC1c1nc2c([nH]1)CCCc1cc(C#Cc3ccc4nc(C5CCCN5C(=O)C(NC(=O)O)C(C)C)[nH]c4c3)ccc1-2)C(C)C. The van der Waals surface area contributed by atoms with E-state index in [2.05, 4.69) is 44.6 Å². The van der Waals surface area contributed by atoms with Gasteiger partial charge in [-0.15, -0.1) is 0 Å². The molecule has 0 saturated carbocycles. The predicted octanol–water partition coefficient (Wildman–Crippen LogP) is 5.84. The second-order valence-electron chi connectivity index (χ2n) is 15.7. The van der Waals surface area contributed by atoms with Crippen molar-refractivity contribution in [3.63, 3.8) is 0 Å². The molecule has 0 bridgehead atoms. The van der Waals surface area contributed by atoms with Crippen LogP contribution in [0.4, 0.5) is 9.59 Å². The third-order valence-electron chi connectivity index (χ3n) is 11.2. The van der Waals surface area contributed by atoms with Crippen LogP contribution in [0.15, 0.2) is 36.4 Å². The molecule has 14 heteroatoms. The van der Waals surface area contributed by atoms with Gasteiger partial charge in [0.1, 0.15) is 23.7 Å². The molecule has 4 amide bonds. The van der Waals surface area contributed by atoms with Crippen molar-refractivity contribution in [3.05, 3.63) is 70.4 Å². The smallest absolute Gasteiger partial charge is 0.407 e. The average Bonchev–Trinajstić information content (AvgIpc) is 3.99. The number of hydrogen-bond acceptors (Lipinski definition) is 7. The Balaban J connectivity index is 1.08. The van der Waals surface area contributed by atoms with Gasteiger partial charge in [-0.1, -0.05) is 45.6 Å². The molecule has 2 fully saturated rings. The lowest BCUT2D eigenvalue weighted by Gasteiger charge is -2.30. The molecular formula is C42H50N8O6. The van der Waals surface area contributed by atoms with Gasteiger partial charge >= 0.3 is 12.2 Å². The lowest BCUT2D eigenvalue weighted by Crippen LogP contribution is -2.51. The zero-order valence-electron chi connectivity index (χ0n) is 32.6. The number of hydrogen-bond donors (Lipinski definition) is 5. The molecule has 2 saturated heterocycles. The maximum absolute atomic E-state index is 13.7. The van der Waals surface area contributed by atoms with Crippen molar-refractivity contribution in [3.8, 4) is 23.1 Å². The summed E-state index contributed by atoms with van der Waals surface area (Å²) in [5.74, 6) is 7.45. The molecule has 2 aliphatic heterocycles. The first kappa shape index (κ1) is 38.4. The van der Waals surface area contributed by atoms with Crippen molar-refractivity contribution in [2.45, 2.75) is 96.8 Å². The summed E-state index contributed by atoms with van der Waals surface area (Å²) in [7, 11) is 1.29. The number of carboxylic acid groups (broad SMARTS) is 1. The normalized spacial score (nSPS) is 18.8. The molecule has 3 aliphatic rings. The number of methoxy groups -OCH3 is 1. The molecule has 2 aromatic heterocycles. The van der Waals surface area contributed by atoms with E-state index in [1.54, 1.807) is 4.90 Å². The number of nitrogens with zero attached hydrogens (tertiary/aromatic N) is 4. The van der Waals surface area contributed by atoms with Crippen molar-refractivity contribution < 1.29 is 29.0 Å². The minimum absolute atomic E-state index is 0.108. The largest absolute Gasteiger partial charge is 0.465 e. The van der Waals surface area contributed by atoms with Crippen LogP contribution in [0.3, 0.4) is 0 Å². The van der Waals surface area contributed by atoms with Crippen LogP contribution in [0.5, 0.6) is 0 Å². The number of benzene rings is 2. The molecule has 56 heavy (non-hydrogen) atoms. The van der Waals surface area contributed by atoms with E-state index >= 15 is 0 Å². The average molecular weight is 763 g/mol. The number of H-pyrrole nitrogens is 2. The first-order valence-electron chi connectivity index (χ1n) is 19.6. The van der Waals surface area contributed by atoms with Crippen LogP contribution in [-0.2, 0) is 27.2 Å². The molecule has 4 unspecified atom stereocenters. The maximum Gasteiger partial charge on any atom is 0.407 e. The predicted molar refractivity (Wildman–Crippen MR) is 209 cm³/mol. The van der Waals surface area contributed by atoms with Crippen LogP contribution < -0.4 is 10.6 Å². The van der Waals surface area contributed by atoms with Crippen molar-refractivity contribution in [2.24, 2.45) is 11.8 Å². The number of amides is 4. The number of carbonyl (C=O) groups is 4. The first-order chi connectivity index (χ1) is 26.9. The zero-order valence-corrected chi connectivity index (χ0v) is 32.6. The number of carbonyl (C=O) groups excluding carboxylic acids is 3. The second-order valence-corrected chi connectivity index (χ2v) is 15.7. The van der Waals surface area contributed by atoms with E-state index in [1.165, 1.54) is 12.7 Å². The van der Waals surface area contributed by atoms with Crippen molar-refractivity contribution in [1.82, 2.24) is 40.4 Å². The fraction of sp³-hybridized carbons (Fsp3) is 0.476. The van der Waals surface area contributed by atoms with Gasteiger partial charge in [-0.05, 0) is 92.7 Å². The Bertz CT molecular complexity index is 2210. The number of nitrogens with one attached hydrogen (secondary N) is 4. The van der Waals surface area contributed by atoms with Gasteiger partial charge in [0, 0.05) is 35.5 Å². The van der Waals surface area contributed by atoms with Crippen LogP contribution >= 0.6 is 0 Å². The van der Waals surface area contributed by atoms with E-state index < -0.39 is 24.3 Å². The molecule has 4 atom stereocenters. The summed E-state index contributed by atoms with van der Waals surface area (Å²) in [4.78, 5) is 71.1. The van der Waals surface area contributed by atoms with E-state index in [-0.39, 0.29) is 35.7 Å². The number of aryl methyl sites for hydroxylation is 2. The van der Waals surface area contributed by atoms with Crippen LogP contribution in [0.2, 0.25) is 0 Å². The highest BCUT2D eigenvalue weighted by Crippen LogP contribution is 2.37. The summed E-state index contributed by atoms with van der Waals surface area (Å²) in [6.45, 7) is 8.62. The molecule has 0 radical (unpaired) electrons. The quantitative estimate of drug-likeness (QED) is 0.139. The lowest BCUT2D eigenvalue weighted by molar-refractivity contribution is -0.136. The highest BCUT2D eigenvalue weighted by atomic mass is 16.5. The molecule has 4 aromatic rings. The Morgan fingerprint density at radius 1 is 0.804 bits per heavy atom. The Hall–Kier alpha value is -5.84. The molecular weight excluding hydrogens is 713 g/mol. The van der Waals surface area contributed by atoms with Crippen LogP contribution in [0, 0.1) is 23.7 Å². The zero-order chi connectivity index (χ0) is 39.7. The van der Waals surface area contributed by atoms with E-state index in [4.69, 9.17) is 14.7 Å². The Morgan fingerprint density at radius 2 is 1.41 bits per heavy atom. The number of aromatic nitrogens is 4. The molecule has 0 spiro atoms. The van der Waals surface area contributed by atoms with Crippen molar-refractivity contribution in [2.75, 3.05) is 20.2 Å². The highest BCUT2D eigenvalue weighted by Gasteiger charge is 2.39. The Labute approximate surface area is 326 Å². The maximum atomic E-state index is 13.7. The molecule has 7 rings (SSSR count). The summed E-state index contributed by atoms with van der Waals surface area (Å²) >= 11 is 0. The van der Waals surface area contributed by atoms with E-state index in [1.807, 2.05) is 56.9 Å². The molecule has 2 aromatic carbocycles. The molecule has 294 valence electrons. The minimum Gasteiger partial charge on any atom is -0.465 e. The number of likely N-dealkylation sites (tertiary alicyclic amines) is 2. The van der Waals surface area contributed by atoms with Gasteiger partial charge in [-0.25, -0.2) is 19.6 Å². The topological polar surface area (TPSA) is 186 Å². The van der Waals surface area contributed by atoms with Crippen molar-refractivity contribution in [1.29, 1.82) is 0 Å². The van der Waals surface area contributed by atoms with Crippen LogP contribution in [0.25, 0.3) is 22.3 Å².